The maximum Gasteiger partial charge on any atom is 0.273 e. The second kappa shape index (κ2) is 4.84. The number of aryl methyl sites for hydroxylation is 1. The third-order valence-corrected chi connectivity index (χ3v) is 2.25. The van der Waals surface area contributed by atoms with E-state index in [9.17, 15) is 4.79 Å². The number of nitrogens with two attached hydrogens (primary N) is 1. The zero-order valence-electron chi connectivity index (χ0n) is 8.92. The number of anilines is 1. The third-order valence-electron chi connectivity index (χ3n) is 2.25. The van der Waals surface area contributed by atoms with E-state index in [-0.39, 0.29) is 5.56 Å². The minimum absolute atomic E-state index is 0.0437. The van der Waals surface area contributed by atoms with Gasteiger partial charge in [-0.2, -0.15) is 0 Å². The molecule has 0 aliphatic carbocycles. The van der Waals surface area contributed by atoms with Crippen molar-refractivity contribution in [3.8, 4) is 0 Å². The molecule has 0 bridgehead atoms. The van der Waals surface area contributed by atoms with Crippen molar-refractivity contribution in [1.29, 1.82) is 0 Å². The molecule has 1 rings (SSSR count). The molecule has 0 fully saturated rings. The van der Waals surface area contributed by atoms with Crippen molar-refractivity contribution in [3.63, 3.8) is 0 Å². The number of pyridine rings is 1. The summed E-state index contributed by atoms with van der Waals surface area (Å²) in [5, 5.41) is 0. The Bertz CT molecular complexity index is 355. The quantitative estimate of drug-likeness (QED) is 0.794. The summed E-state index contributed by atoms with van der Waals surface area (Å²) < 4.78 is 1.79. The van der Waals surface area contributed by atoms with Crippen molar-refractivity contribution in [2.75, 3.05) is 5.73 Å². The zero-order valence-corrected chi connectivity index (χ0v) is 8.92. The van der Waals surface area contributed by atoms with Crippen molar-refractivity contribution in [1.82, 2.24) is 4.57 Å². The molecule has 14 heavy (non-hydrogen) atoms. The van der Waals surface area contributed by atoms with E-state index in [1.807, 2.05) is 6.07 Å². The predicted octanol–water partition coefficient (Wildman–Crippen LogP) is 1.79. The molecule has 0 aliphatic rings. The van der Waals surface area contributed by atoms with E-state index >= 15 is 0 Å². The van der Waals surface area contributed by atoms with Crippen LogP contribution in [0.3, 0.4) is 0 Å². The van der Waals surface area contributed by atoms with Crippen LogP contribution < -0.4 is 11.3 Å². The van der Waals surface area contributed by atoms with Crippen LogP contribution in [0, 0.1) is 0 Å². The molecular formula is C11H18N2O. The molecule has 0 amide bonds. The van der Waals surface area contributed by atoms with Crippen molar-refractivity contribution >= 4 is 5.69 Å². The monoisotopic (exact) mass is 194 g/mol. The standard InChI is InChI=1S/C11H18N2O/c1-3-5-9-6-7-10(12)11(14)13(9)8-4-2/h6-7H,3-5,8,12H2,1-2H3. The maximum atomic E-state index is 11.7. The Labute approximate surface area is 84.6 Å². The summed E-state index contributed by atoms with van der Waals surface area (Å²) in [6.07, 6.45) is 2.95. The third kappa shape index (κ3) is 2.16. The largest absolute Gasteiger partial charge is 0.394 e. The molecule has 78 valence electrons. The summed E-state index contributed by atoms with van der Waals surface area (Å²) in [4.78, 5) is 11.7. The molecule has 2 N–H and O–H groups in total. The van der Waals surface area contributed by atoms with Gasteiger partial charge in [0.2, 0.25) is 0 Å². The zero-order chi connectivity index (χ0) is 10.6. The molecule has 1 aromatic rings. The molecular weight excluding hydrogens is 176 g/mol. The van der Waals surface area contributed by atoms with Crippen LogP contribution in [0.25, 0.3) is 0 Å². The summed E-state index contributed by atoms with van der Waals surface area (Å²) in [5.41, 5.74) is 6.98. The Morgan fingerprint density at radius 3 is 2.57 bits per heavy atom. The molecule has 1 aromatic heterocycles. The highest BCUT2D eigenvalue weighted by atomic mass is 16.1. The Hall–Kier alpha value is -1.25. The van der Waals surface area contributed by atoms with E-state index < -0.39 is 0 Å². The predicted molar refractivity (Wildman–Crippen MR) is 59.4 cm³/mol. The summed E-state index contributed by atoms with van der Waals surface area (Å²) in [5.74, 6) is 0. The number of aromatic nitrogens is 1. The van der Waals surface area contributed by atoms with Gasteiger partial charge in [-0.15, -0.1) is 0 Å². The molecule has 0 radical (unpaired) electrons. The van der Waals surface area contributed by atoms with Crippen molar-refractivity contribution in [2.45, 2.75) is 39.7 Å². The van der Waals surface area contributed by atoms with E-state index in [0.717, 1.165) is 31.5 Å². The highest BCUT2D eigenvalue weighted by Crippen LogP contribution is 2.04. The van der Waals surface area contributed by atoms with E-state index in [0.29, 0.717) is 5.69 Å². The lowest BCUT2D eigenvalue weighted by molar-refractivity contribution is 0.615. The molecule has 3 nitrogen and oxygen atoms in total. The van der Waals surface area contributed by atoms with Crippen LogP contribution in [-0.4, -0.2) is 4.57 Å². The van der Waals surface area contributed by atoms with E-state index in [2.05, 4.69) is 13.8 Å². The first kappa shape index (κ1) is 10.8. The number of nitrogen functional groups attached to an aromatic ring is 1. The molecule has 0 spiro atoms. The first-order valence-corrected chi connectivity index (χ1v) is 5.18. The Balaban J connectivity index is 3.16. The van der Waals surface area contributed by atoms with Gasteiger partial charge < -0.3 is 10.3 Å². The Kier molecular flexibility index (Phi) is 3.74. The van der Waals surface area contributed by atoms with Gasteiger partial charge in [0.25, 0.3) is 5.56 Å². The molecule has 0 unspecified atom stereocenters. The van der Waals surface area contributed by atoms with Crippen LogP contribution in [0.15, 0.2) is 16.9 Å². The Morgan fingerprint density at radius 1 is 1.29 bits per heavy atom. The minimum atomic E-state index is -0.0437. The van der Waals surface area contributed by atoms with Crippen LogP contribution in [0.5, 0.6) is 0 Å². The maximum absolute atomic E-state index is 11.7. The second-order valence-electron chi connectivity index (χ2n) is 3.49. The summed E-state index contributed by atoms with van der Waals surface area (Å²) in [6, 6.07) is 3.66. The average Bonchev–Trinajstić information content (AvgIpc) is 2.18. The molecule has 0 saturated carbocycles. The molecule has 0 aromatic carbocycles. The van der Waals surface area contributed by atoms with Gasteiger partial charge in [0.1, 0.15) is 0 Å². The number of rotatable bonds is 4. The number of hydrogen-bond donors (Lipinski definition) is 1. The van der Waals surface area contributed by atoms with Gasteiger partial charge in [0.15, 0.2) is 0 Å². The lowest BCUT2D eigenvalue weighted by atomic mass is 10.2. The Morgan fingerprint density at radius 2 is 2.00 bits per heavy atom. The van der Waals surface area contributed by atoms with E-state index in [1.54, 1.807) is 10.6 Å². The van der Waals surface area contributed by atoms with Crippen LogP contribution in [0.2, 0.25) is 0 Å². The van der Waals surface area contributed by atoms with E-state index in [4.69, 9.17) is 5.73 Å². The molecule has 0 aliphatic heterocycles. The van der Waals surface area contributed by atoms with Crippen LogP contribution >= 0.6 is 0 Å². The highest BCUT2D eigenvalue weighted by Gasteiger charge is 2.04. The second-order valence-corrected chi connectivity index (χ2v) is 3.49. The number of nitrogens with zero attached hydrogens (tertiary/aromatic N) is 1. The molecule has 0 atom stereocenters. The molecule has 1 heterocycles. The smallest absolute Gasteiger partial charge is 0.273 e. The van der Waals surface area contributed by atoms with Gasteiger partial charge in [-0.3, -0.25) is 4.79 Å². The normalized spacial score (nSPS) is 10.4. The van der Waals surface area contributed by atoms with Gasteiger partial charge in [-0.25, -0.2) is 0 Å². The lowest BCUT2D eigenvalue weighted by Gasteiger charge is -2.11. The van der Waals surface area contributed by atoms with Crippen molar-refractivity contribution in [3.05, 3.63) is 28.2 Å². The van der Waals surface area contributed by atoms with Gasteiger partial charge in [0.05, 0.1) is 5.69 Å². The van der Waals surface area contributed by atoms with Crippen molar-refractivity contribution < 1.29 is 0 Å². The van der Waals surface area contributed by atoms with Gasteiger partial charge in [-0.05, 0) is 25.0 Å². The minimum Gasteiger partial charge on any atom is -0.394 e. The first-order chi connectivity index (χ1) is 6.70. The fourth-order valence-corrected chi connectivity index (χ4v) is 1.58. The SMILES string of the molecule is CCCc1ccc(N)c(=O)n1CCC. The fraction of sp³-hybridized carbons (Fsp3) is 0.545. The summed E-state index contributed by atoms with van der Waals surface area (Å²) in [6.45, 7) is 4.93. The van der Waals surface area contributed by atoms with Crippen LogP contribution in [-0.2, 0) is 13.0 Å². The van der Waals surface area contributed by atoms with Crippen LogP contribution in [0.1, 0.15) is 32.4 Å². The van der Waals surface area contributed by atoms with Crippen molar-refractivity contribution in [2.24, 2.45) is 0 Å². The van der Waals surface area contributed by atoms with E-state index in [1.165, 1.54) is 0 Å². The molecule has 0 saturated heterocycles. The first-order valence-electron chi connectivity index (χ1n) is 5.18. The molecule has 3 heteroatoms. The fourth-order valence-electron chi connectivity index (χ4n) is 1.58. The lowest BCUT2D eigenvalue weighted by Crippen LogP contribution is -2.25. The van der Waals surface area contributed by atoms with Crippen LogP contribution in [0.4, 0.5) is 5.69 Å². The average molecular weight is 194 g/mol. The topological polar surface area (TPSA) is 48.0 Å². The van der Waals surface area contributed by atoms with Gasteiger partial charge in [-0.1, -0.05) is 20.3 Å². The van der Waals surface area contributed by atoms with Gasteiger partial charge in [0, 0.05) is 12.2 Å². The van der Waals surface area contributed by atoms with Gasteiger partial charge >= 0.3 is 0 Å². The summed E-state index contributed by atoms with van der Waals surface area (Å²) >= 11 is 0. The highest BCUT2D eigenvalue weighted by molar-refractivity contribution is 5.35. The number of hydrogen-bond acceptors (Lipinski definition) is 2. The summed E-state index contributed by atoms with van der Waals surface area (Å²) in [7, 11) is 0.